The molecule has 1 atom stereocenters. The molecule has 5 heteroatoms. The van der Waals surface area contributed by atoms with Crippen LogP contribution in [0.4, 0.5) is 0 Å². The van der Waals surface area contributed by atoms with Crippen molar-refractivity contribution in [1.29, 1.82) is 0 Å². The van der Waals surface area contributed by atoms with Crippen LogP contribution in [0.1, 0.15) is 23.2 Å². The standard InChI is InChI=1S/C13H18ClN3O/c1-17-6-2-3-10(9-17)7-16-13(18)11-4-5-12(14)15-8-11/h4-5,8,10H,2-3,6-7,9H2,1H3,(H,16,18). The second-order valence-electron chi connectivity index (χ2n) is 4.85. The van der Waals surface area contributed by atoms with E-state index in [1.807, 2.05) is 0 Å². The van der Waals surface area contributed by atoms with E-state index in [9.17, 15) is 4.79 Å². The highest BCUT2D eigenvalue weighted by Gasteiger charge is 2.17. The Balaban J connectivity index is 1.82. The highest BCUT2D eigenvalue weighted by Crippen LogP contribution is 2.14. The smallest absolute Gasteiger partial charge is 0.252 e. The number of pyridine rings is 1. The summed E-state index contributed by atoms with van der Waals surface area (Å²) in [6.45, 7) is 2.94. The summed E-state index contributed by atoms with van der Waals surface area (Å²) in [6, 6.07) is 3.32. The first-order valence-electron chi connectivity index (χ1n) is 6.23. The Morgan fingerprint density at radius 2 is 2.44 bits per heavy atom. The van der Waals surface area contributed by atoms with Crippen molar-refractivity contribution in [3.05, 3.63) is 29.0 Å². The van der Waals surface area contributed by atoms with Gasteiger partial charge in [0.2, 0.25) is 0 Å². The van der Waals surface area contributed by atoms with Gasteiger partial charge in [0.25, 0.3) is 5.91 Å². The molecule has 1 aromatic heterocycles. The molecule has 1 N–H and O–H groups in total. The third-order valence-electron chi connectivity index (χ3n) is 3.26. The number of nitrogens with zero attached hydrogens (tertiary/aromatic N) is 2. The average molecular weight is 268 g/mol. The monoisotopic (exact) mass is 267 g/mol. The minimum Gasteiger partial charge on any atom is -0.352 e. The molecule has 18 heavy (non-hydrogen) atoms. The summed E-state index contributed by atoms with van der Waals surface area (Å²) in [4.78, 5) is 18.1. The summed E-state index contributed by atoms with van der Waals surface area (Å²) >= 11 is 5.68. The van der Waals surface area contributed by atoms with Gasteiger partial charge in [-0.1, -0.05) is 11.6 Å². The molecule has 1 fully saturated rings. The van der Waals surface area contributed by atoms with Gasteiger partial charge in [0.05, 0.1) is 5.56 Å². The molecule has 0 bridgehead atoms. The Bertz CT molecular complexity index is 407. The summed E-state index contributed by atoms with van der Waals surface area (Å²) in [5.74, 6) is 0.473. The van der Waals surface area contributed by atoms with Crippen LogP contribution in [0.15, 0.2) is 18.3 Å². The predicted octanol–water partition coefficient (Wildman–Crippen LogP) is 1.81. The van der Waals surface area contributed by atoms with Gasteiger partial charge in [-0.3, -0.25) is 4.79 Å². The molecule has 2 heterocycles. The van der Waals surface area contributed by atoms with Gasteiger partial charge in [-0.15, -0.1) is 0 Å². The van der Waals surface area contributed by atoms with Crippen LogP contribution < -0.4 is 5.32 Å². The molecule has 1 unspecified atom stereocenters. The van der Waals surface area contributed by atoms with Crippen LogP contribution in [0.2, 0.25) is 5.15 Å². The van der Waals surface area contributed by atoms with Crippen molar-refractivity contribution in [2.24, 2.45) is 5.92 Å². The van der Waals surface area contributed by atoms with Gasteiger partial charge in [-0.25, -0.2) is 4.98 Å². The molecule has 1 aromatic rings. The number of amides is 1. The number of halogens is 1. The van der Waals surface area contributed by atoms with Gasteiger partial charge in [0.15, 0.2) is 0 Å². The van der Waals surface area contributed by atoms with Gasteiger partial charge >= 0.3 is 0 Å². The third-order valence-corrected chi connectivity index (χ3v) is 3.49. The van der Waals surface area contributed by atoms with E-state index in [2.05, 4.69) is 22.2 Å². The molecule has 0 spiro atoms. The number of hydrogen-bond acceptors (Lipinski definition) is 3. The van der Waals surface area contributed by atoms with Crippen molar-refractivity contribution < 1.29 is 4.79 Å². The highest BCUT2D eigenvalue weighted by atomic mass is 35.5. The Morgan fingerprint density at radius 1 is 1.61 bits per heavy atom. The first kappa shape index (κ1) is 13.3. The van der Waals surface area contributed by atoms with E-state index in [0.717, 1.165) is 19.6 Å². The Hall–Kier alpha value is -1.13. The van der Waals surface area contributed by atoms with E-state index < -0.39 is 0 Å². The van der Waals surface area contributed by atoms with Crippen molar-refractivity contribution in [2.45, 2.75) is 12.8 Å². The van der Waals surface area contributed by atoms with Gasteiger partial charge in [0, 0.05) is 19.3 Å². The number of carbonyl (C=O) groups is 1. The molecule has 1 aliphatic heterocycles. The molecule has 1 aliphatic rings. The lowest BCUT2D eigenvalue weighted by atomic mass is 9.98. The molecule has 0 radical (unpaired) electrons. The number of piperidine rings is 1. The fraction of sp³-hybridized carbons (Fsp3) is 0.538. The maximum atomic E-state index is 11.9. The van der Waals surface area contributed by atoms with E-state index in [1.54, 1.807) is 12.1 Å². The summed E-state index contributed by atoms with van der Waals surface area (Å²) in [5.41, 5.74) is 0.559. The SMILES string of the molecule is CN1CCCC(CNC(=O)c2ccc(Cl)nc2)C1. The highest BCUT2D eigenvalue weighted by molar-refractivity contribution is 6.29. The summed E-state index contributed by atoms with van der Waals surface area (Å²) < 4.78 is 0. The molecule has 1 saturated heterocycles. The molecule has 0 saturated carbocycles. The topological polar surface area (TPSA) is 45.2 Å². The number of likely N-dealkylation sites (tertiary alicyclic amines) is 1. The molecular formula is C13H18ClN3O. The van der Waals surface area contributed by atoms with Crippen molar-refractivity contribution >= 4 is 17.5 Å². The van der Waals surface area contributed by atoms with E-state index in [0.29, 0.717) is 16.6 Å². The maximum Gasteiger partial charge on any atom is 0.252 e. The lowest BCUT2D eigenvalue weighted by molar-refractivity contribution is 0.0936. The summed E-state index contributed by atoms with van der Waals surface area (Å²) in [6.07, 6.45) is 3.90. The minimum absolute atomic E-state index is 0.0765. The van der Waals surface area contributed by atoms with Crippen LogP contribution >= 0.6 is 11.6 Å². The van der Waals surface area contributed by atoms with Crippen LogP contribution in [0.25, 0.3) is 0 Å². The molecule has 98 valence electrons. The first-order chi connectivity index (χ1) is 8.65. The normalized spacial score (nSPS) is 20.7. The number of nitrogens with one attached hydrogen (secondary N) is 1. The summed E-state index contributed by atoms with van der Waals surface area (Å²) in [5, 5.41) is 3.36. The zero-order chi connectivity index (χ0) is 13.0. The third kappa shape index (κ3) is 3.68. The molecule has 0 aromatic carbocycles. The quantitative estimate of drug-likeness (QED) is 0.850. The molecule has 0 aliphatic carbocycles. The molecule has 1 amide bonds. The van der Waals surface area contributed by atoms with Gasteiger partial charge < -0.3 is 10.2 Å². The fourth-order valence-electron chi connectivity index (χ4n) is 2.29. The van der Waals surface area contributed by atoms with Crippen molar-refractivity contribution in [2.75, 3.05) is 26.7 Å². The predicted molar refractivity (Wildman–Crippen MR) is 71.8 cm³/mol. The number of hydrogen-bond donors (Lipinski definition) is 1. The molecule has 4 nitrogen and oxygen atoms in total. The van der Waals surface area contributed by atoms with Gasteiger partial charge in [-0.2, -0.15) is 0 Å². The van der Waals surface area contributed by atoms with Crippen molar-refractivity contribution in [1.82, 2.24) is 15.2 Å². The molecular weight excluding hydrogens is 250 g/mol. The van der Waals surface area contributed by atoms with Gasteiger partial charge in [-0.05, 0) is 44.5 Å². The fourth-order valence-corrected chi connectivity index (χ4v) is 2.40. The van der Waals surface area contributed by atoms with Crippen LogP contribution in [0.5, 0.6) is 0 Å². The summed E-state index contributed by atoms with van der Waals surface area (Å²) in [7, 11) is 2.12. The second kappa shape index (κ2) is 6.16. The van der Waals surface area contributed by atoms with Crippen LogP contribution in [0.3, 0.4) is 0 Å². The zero-order valence-corrected chi connectivity index (χ0v) is 11.3. The number of aromatic nitrogens is 1. The maximum absolute atomic E-state index is 11.9. The van der Waals surface area contributed by atoms with E-state index in [4.69, 9.17) is 11.6 Å². The number of rotatable bonds is 3. The Morgan fingerprint density at radius 3 is 3.11 bits per heavy atom. The van der Waals surface area contributed by atoms with Gasteiger partial charge in [0.1, 0.15) is 5.15 Å². The van der Waals surface area contributed by atoms with Crippen LogP contribution in [0, 0.1) is 5.92 Å². The van der Waals surface area contributed by atoms with Crippen molar-refractivity contribution in [3.8, 4) is 0 Å². The van der Waals surface area contributed by atoms with E-state index >= 15 is 0 Å². The largest absolute Gasteiger partial charge is 0.352 e. The van der Waals surface area contributed by atoms with Crippen molar-refractivity contribution in [3.63, 3.8) is 0 Å². The first-order valence-corrected chi connectivity index (χ1v) is 6.61. The van der Waals surface area contributed by atoms with E-state index in [1.165, 1.54) is 19.0 Å². The minimum atomic E-state index is -0.0765. The second-order valence-corrected chi connectivity index (χ2v) is 5.24. The lowest BCUT2D eigenvalue weighted by Gasteiger charge is -2.29. The Labute approximate surface area is 112 Å². The number of carbonyl (C=O) groups excluding carboxylic acids is 1. The zero-order valence-electron chi connectivity index (χ0n) is 10.5. The molecule has 2 rings (SSSR count). The van der Waals surface area contributed by atoms with Crippen LogP contribution in [-0.2, 0) is 0 Å². The van der Waals surface area contributed by atoms with E-state index in [-0.39, 0.29) is 5.91 Å². The average Bonchev–Trinajstić information content (AvgIpc) is 2.37. The Kier molecular flexibility index (Phi) is 4.55. The van der Waals surface area contributed by atoms with Crippen LogP contribution in [-0.4, -0.2) is 42.5 Å². The lowest BCUT2D eigenvalue weighted by Crippen LogP contribution is -2.39.